The molecule has 0 aromatic carbocycles. The van der Waals surface area contributed by atoms with E-state index in [4.69, 9.17) is 9.73 Å². The number of aliphatic carboxylic acids is 1. The van der Waals surface area contributed by atoms with Crippen molar-refractivity contribution < 1.29 is 14.6 Å². The van der Waals surface area contributed by atoms with Gasteiger partial charge < -0.3 is 9.84 Å². The molecule has 0 saturated heterocycles. The summed E-state index contributed by atoms with van der Waals surface area (Å²) in [6.07, 6.45) is 16.8. The molecule has 0 aromatic rings. The van der Waals surface area contributed by atoms with Crippen molar-refractivity contribution in [2.45, 2.75) is 89.6 Å². The summed E-state index contributed by atoms with van der Waals surface area (Å²) < 4.78 is 6.17. The first-order valence-electron chi connectivity index (χ1n) is 11.0. The molecule has 0 radical (unpaired) electrons. The van der Waals surface area contributed by atoms with Gasteiger partial charge in [-0.2, -0.15) is 0 Å². The number of rotatable bonds is 6. The minimum Gasteiger partial charge on any atom is -0.481 e. The number of hydrogen-bond donors (Lipinski definition) is 1. The predicted octanol–water partition coefficient (Wildman–Crippen LogP) is 5.44. The lowest BCUT2D eigenvalue weighted by Crippen LogP contribution is -2.28. The molecule has 2 unspecified atom stereocenters. The summed E-state index contributed by atoms with van der Waals surface area (Å²) >= 11 is 0. The Labute approximate surface area is 162 Å². The van der Waals surface area contributed by atoms with Crippen LogP contribution in [0.4, 0.5) is 0 Å². The van der Waals surface area contributed by atoms with Crippen molar-refractivity contribution in [2.75, 3.05) is 6.61 Å². The quantitative estimate of drug-likeness (QED) is 0.633. The van der Waals surface area contributed by atoms with Crippen LogP contribution >= 0.6 is 0 Å². The summed E-state index contributed by atoms with van der Waals surface area (Å²) in [7, 11) is 0. The van der Waals surface area contributed by atoms with E-state index in [9.17, 15) is 9.90 Å². The van der Waals surface area contributed by atoms with E-state index >= 15 is 0 Å². The Hall–Kier alpha value is -1.42. The minimum absolute atomic E-state index is 0.219. The molecule has 1 N–H and O–H groups in total. The number of carboxylic acids is 1. The normalized spacial score (nSPS) is 27.8. The maximum atomic E-state index is 11.8. The van der Waals surface area contributed by atoms with Gasteiger partial charge in [0.15, 0.2) is 0 Å². The Bertz CT molecular complexity index is 655. The third-order valence-corrected chi connectivity index (χ3v) is 6.98. The summed E-state index contributed by atoms with van der Waals surface area (Å²) in [6, 6.07) is 0. The molecule has 4 rings (SSSR count). The number of carbonyl (C=O) groups is 1. The predicted molar refractivity (Wildman–Crippen MR) is 107 cm³/mol. The Morgan fingerprint density at radius 2 is 1.89 bits per heavy atom. The van der Waals surface area contributed by atoms with E-state index in [1.807, 2.05) is 0 Å². The first kappa shape index (κ1) is 18.9. The van der Waals surface area contributed by atoms with Crippen LogP contribution in [-0.4, -0.2) is 29.5 Å². The Balaban J connectivity index is 1.30. The zero-order valence-corrected chi connectivity index (χ0v) is 16.4. The largest absolute Gasteiger partial charge is 0.481 e. The molecule has 0 aromatic heterocycles. The average Bonchev–Trinajstić information content (AvgIpc) is 3.21. The third kappa shape index (κ3) is 4.53. The molecule has 4 nitrogen and oxygen atoms in total. The monoisotopic (exact) mass is 371 g/mol. The van der Waals surface area contributed by atoms with E-state index in [2.05, 4.69) is 6.08 Å². The highest BCUT2D eigenvalue weighted by Gasteiger charge is 2.34. The fourth-order valence-electron chi connectivity index (χ4n) is 5.43. The van der Waals surface area contributed by atoms with Crippen molar-refractivity contribution in [3.63, 3.8) is 0 Å². The highest BCUT2D eigenvalue weighted by molar-refractivity contribution is 5.87. The fraction of sp³-hybridized carbons (Fsp3) is 0.739. The van der Waals surface area contributed by atoms with Crippen molar-refractivity contribution in [3.05, 3.63) is 22.9 Å². The van der Waals surface area contributed by atoms with Crippen molar-refractivity contribution in [3.8, 4) is 0 Å². The van der Waals surface area contributed by atoms with E-state index in [1.54, 1.807) is 5.57 Å². The van der Waals surface area contributed by atoms with Gasteiger partial charge in [0.05, 0.1) is 18.6 Å². The molecule has 27 heavy (non-hydrogen) atoms. The molecule has 0 spiro atoms. The van der Waals surface area contributed by atoms with Crippen LogP contribution in [0.2, 0.25) is 0 Å². The molecule has 148 valence electrons. The van der Waals surface area contributed by atoms with Crippen LogP contribution < -0.4 is 0 Å². The van der Waals surface area contributed by atoms with Gasteiger partial charge in [-0.05, 0) is 82.1 Å². The topological polar surface area (TPSA) is 58.9 Å². The first-order chi connectivity index (χ1) is 13.2. The van der Waals surface area contributed by atoms with Crippen LogP contribution in [0.15, 0.2) is 27.9 Å². The minimum atomic E-state index is -0.624. The van der Waals surface area contributed by atoms with Gasteiger partial charge in [-0.3, -0.25) is 9.79 Å². The second-order valence-electron chi connectivity index (χ2n) is 8.78. The van der Waals surface area contributed by atoms with Gasteiger partial charge >= 0.3 is 5.97 Å². The maximum Gasteiger partial charge on any atom is 0.310 e. The lowest BCUT2D eigenvalue weighted by molar-refractivity contribution is -0.142. The second kappa shape index (κ2) is 8.72. The molecule has 4 heteroatoms. The van der Waals surface area contributed by atoms with Gasteiger partial charge in [-0.25, -0.2) is 0 Å². The zero-order valence-electron chi connectivity index (χ0n) is 16.4. The highest BCUT2D eigenvalue weighted by Crippen LogP contribution is 2.39. The van der Waals surface area contributed by atoms with Gasteiger partial charge in [-0.15, -0.1) is 0 Å². The molecule has 1 fully saturated rings. The van der Waals surface area contributed by atoms with Gasteiger partial charge in [0, 0.05) is 11.4 Å². The van der Waals surface area contributed by atoms with E-state index in [1.165, 1.54) is 49.9 Å². The molecule has 1 heterocycles. The van der Waals surface area contributed by atoms with Crippen LogP contribution in [-0.2, 0) is 9.53 Å². The van der Waals surface area contributed by atoms with Gasteiger partial charge in [0.1, 0.15) is 0 Å². The summed E-state index contributed by atoms with van der Waals surface area (Å²) in [5, 5.41) is 9.73. The van der Waals surface area contributed by atoms with E-state index in [0.29, 0.717) is 12.5 Å². The molecular weight excluding hydrogens is 338 g/mol. The smallest absolute Gasteiger partial charge is 0.310 e. The Morgan fingerprint density at radius 3 is 2.63 bits per heavy atom. The van der Waals surface area contributed by atoms with Crippen LogP contribution in [0.3, 0.4) is 0 Å². The molecule has 4 aliphatic rings. The lowest BCUT2D eigenvalue weighted by atomic mass is 9.79. The number of carboxylic acid groups (broad SMARTS) is 1. The summed E-state index contributed by atoms with van der Waals surface area (Å²) in [4.78, 5) is 16.7. The number of hydrogen-bond acceptors (Lipinski definition) is 3. The number of aliphatic imine (C=N–C) groups is 1. The van der Waals surface area contributed by atoms with Gasteiger partial charge in [0.2, 0.25) is 0 Å². The molecular formula is C23H33NO3. The third-order valence-electron chi connectivity index (χ3n) is 6.98. The van der Waals surface area contributed by atoms with Gasteiger partial charge in [0.25, 0.3) is 0 Å². The summed E-state index contributed by atoms with van der Waals surface area (Å²) in [5.41, 5.74) is 5.29. The fourth-order valence-corrected chi connectivity index (χ4v) is 5.43. The average molecular weight is 372 g/mol. The van der Waals surface area contributed by atoms with Crippen molar-refractivity contribution in [2.24, 2.45) is 16.8 Å². The second-order valence-corrected chi connectivity index (χ2v) is 8.78. The molecule has 0 amide bonds. The maximum absolute atomic E-state index is 11.8. The SMILES string of the molecule is O=C(O)C(C1=CCC(OCC2=NC3=C(CCCC3)CC2)CC1)C1CCCC1. The van der Waals surface area contributed by atoms with Crippen LogP contribution in [0.25, 0.3) is 0 Å². The molecule has 2 atom stereocenters. The Kier molecular flexibility index (Phi) is 6.11. The summed E-state index contributed by atoms with van der Waals surface area (Å²) in [6.45, 7) is 0.648. The number of allylic oxidation sites excluding steroid dienone is 2. The lowest BCUT2D eigenvalue weighted by Gasteiger charge is -2.29. The van der Waals surface area contributed by atoms with Gasteiger partial charge in [-0.1, -0.05) is 24.5 Å². The first-order valence-corrected chi connectivity index (χ1v) is 11.0. The molecule has 1 saturated carbocycles. The van der Waals surface area contributed by atoms with E-state index in [-0.39, 0.29) is 12.0 Å². The van der Waals surface area contributed by atoms with Crippen LogP contribution in [0.5, 0.6) is 0 Å². The molecule has 3 aliphatic carbocycles. The summed E-state index contributed by atoms with van der Waals surface area (Å²) in [5.74, 6) is -0.533. The highest BCUT2D eigenvalue weighted by atomic mass is 16.5. The molecule has 0 bridgehead atoms. The number of nitrogens with zero attached hydrogens (tertiary/aromatic N) is 1. The Morgan fingerprint density at radius 1 is 1.07 bits per heavy atom. The molecule has 1 aliphatic heterocycles. The zero-order chi connectivity index (χ0) is 18.6. The van der Waals surface area contributed by atoms with Crippen LogP contribution in [0, 0.1) is 11.8 Å². The standard InChI is InChI=1S/C23H33NO3/c25-23(26)22(17-6-1-2-7-17)18-10-13-20(14-11-18)27-15-19-12-9-16-5-3-4-8-21(16)24-19/h10,17,20,22H,1-9,11-15H2,(H,25,26). The van der Waals surface area contributed by atoms with Crippen molar-refractivity contribution >= 4 is 11.7 Å². The number of ether oxygens (including phenoxy) is 1. The van der Waals surface area contributed by atoms with Crippen molar-refractivity contribution in [1.82, 2.24) is 0 Å². The van der Waals surface area contributed by atoms with Crippen LogP contribution in [0.1, 0.15) is 83.5 Å². The van der Waals surface area contributed by atoms with E-state index in [0.717, 1.165) is 50.5 Å². The van der Waals surface area contributed by atoms with Crippen molar-refractivity contribution in [1.29, 1.82) is 0 Å². The van der Waals surface area contributed by atoms with E-state index < -0.39 is 5.97 Å².